The Morgan fingerprint density at radius 2 is 1.90 bits per heavy atom. The number of benzene rings is 2. The summed E-state index contributed by atoms with van der Waals surface area (Å²) >= 11 is 12.0. The van der Waals surface area contributed by atoms with E-state index < -0.39 is 10.8 Å². The number of carbonyl (C=O) groups is 1. The largest absolute Gasteiger partial charge is 0.306 e. The molecule has 21 heavy (non-hydrogen) atoms. The van der Waals surface area contributed by atoms with Crippen LogP contribution in [0.2, 0.25) is 10.0 Å². The second kappa shape index (κ2) is 5.79. The molecule has 0 aliphatic carbocycles. The van der Waals surface area contributed by atoms with Crippen LogP contribution in [0, 0.1) is 0 Å². The quantitative estimate of drug-likeness (QED) is 0.793. The summed E-state index contributed by atoms with van der Waals surface area (Å²) in [6, 6.07) is 12.0. The second-order valence-electron chi connectivity index (χ2n) is 4.60. The number of anilines is 1. The van der Waals surface area contributed by atoms with E-state index in [2.05, 4.69) is 0 Å². The van der Waals surface area contributed by atoms with Crippen LogP contribution >= 0.6 is 23.2 Å². The van der Waals surface area contributed by atoms with Crippen molar-refractivity contribution in [3.05, 3.63) is 58.1 Å². The lowest BCUT2D eigenvalue weighted by molar-refractivity contribution is 0.0988. The Morgan fingerprint density at radius 3 is 2.67 bits per heavy atom. The maximum atomic E-state index is 12.7. The maximum absolute atomic E-state index is 12.7. The number of halogens is 2. The third-order valence-electron chi connectivity index (χ3n) is 3.31. The van der Waals surface area contributed by atoms with Crippen LogP contribution in [0.1, 0.15) is 10.4 Å². The van der Waals surface area contributed by atoms with Crippen molar-refractivity contribution in [3.8, 4) is 0 Å². The Bertz CT molecular complexity index is 748. The molecule has 0 N–H and O–H groups in total. The molecule has 0 fully saturated rings. The minimum absolute atomic E-state index is 0.208. The summed E-state index contributed by atoms with van der Waals surface area (Å²) in [5.74, 6) is 0.217. The fraction of sp³-hybridized carbons (Fsp3) is 0.133. The summed E-state index contributed by atoms with van der Waals surface area (Å²) in [5, 5.41) is 0.799. The molecular weight excluding hydrogens is 329 g/mol. The molecule has 0 bridgehead atoms. The molecule has 3 nitrogen and oxygen atoms in total. The van der Waals surface area contributed by atoms with Gasteiger partial charge in [0.05, 0.1) is 32.0 Å². The lowest BCUT2D eigenvalue weighted by Crippen LogP contribution is -2.38. The highest BCUT2D eigenvalue weighted by molar-refractivity contribution is 7.85. The average molecular weight is 340 g/mol. The van der Waals surface area contributed by atoms with Crippen molar-refractivity contribution in [1.29, 1.82) is 0 Å². The van der Waals surface area contributed by atoms with E-state index in [9.17, 15) is 9.00 Å². The molecule has 0 spiro atoms. The third kappa shape index (κ3) is 2.71. The number of carbonyl (C=O) groups excluding carboxylic acids is 1. The number of para-hydroxylation sites is 1. The van der Waals surface area contributed by atoms with Gasteiger partial charge >= 0.3 is 0 Å². The summed E-state index contributed by atoms with van der Waals surface area (Å²) in [6.07, 6.45) is 0. The standard InChI is InChI=1S/C15H11Cl2NO2S/c16-10-5-6-11(12(17)9-10)15(19)18-7-8-21(20)14-4-2-1-3-13(14)18/h1-6,9H,7-8H2. The smallest absolute Gasteiger partial charge is 0.259 e. The summed E-state index contributed by atoms with van der Waals surface area (Å²) < 4.78 is 12.0. The number of fused-ring (bicyclic) bond motifs is 1. The van der Waals surface area contributed by atoms with Gasteiger partial charge in [-0.3, -0.25) is 9.00 Å². The SMILES string of the molecule is O=C(c1ccc(Cl)cc1Cl)N1CCS(=O)c2ccccc21. The third-order valence-corrected chi connectivity index (χ3v) is 5.25. The zero-order chi connectivity index (χ0) is 15.0. The predicted molar refractivity (Wildman–Crippen MR) is 85.9 cm³/mol. The Balaban J connectivity index is 2.03. The van der Waals surface area contributed by atoms with Gasteiger partial charge in [0.1, 0.15) is 0 Å². The first kappa shape index (κ1) is 14.6. The molecular formula is C15H11Cl2NO2S. The predicted octanol–water partition coefficient (Wildman–Crippen LogP) is 3.76. The van der Waals surface area contributed by atoms with Crippen LogP contribution in [0.15, 0.2) is 47.4 Å². The van der Waals surface area contributed by atoms with Gasteiger partial charge in [0.2, 0.25) is 0 Å². The van der Waals surface area contributed by atoms with Crippen molar-refractivity contribution in [2.75, 3.05) is 17.2 Å². The monoisotopic (exact) mass is 339 g/mol. The lowest BCUT2D eigenvalue weighted by Gasteiger charge is -2.29. The number of hydrogen-bond acceptors (Lipinski definition) is 2. The molecule has 3 rings (SSSR count). The van der Waals surface area contributed by atoms with Gasteiger partial charge in [-0.05, 0) is 30.3 Å². The van der Waals surface area contributed by atoms with Gasteiger partial charge in [-0.2, -0.15) is 0 Å². The molecule has 0 aromatic heterocycles. The normalized spacial score (nSPS) is 17.4. The highest BCUT2D eigenvalue weighted by atomic mass is 35.5. The first-order valence-corrected chi connectivity index (χ1v) is 8.40. The van der Waals surface area contributed by atoms with Gasteiger partial charge < -0.3 is 4.90 Å². The van der Waals surface area contributed by atoms with Gasteiger partial charge in [-0.25, -0.2) is 0 Å². The van der Waals surface area contributed by atoms with Crippen LogP contribution in [-0.4, -0.2) is 22.4 Å². The molecule has 1 amide bonds. The van der Waals surface area contributed by atoms with E-state index in [4.69, 9.17) is 23.2 Å². The van der Waals surface area contributed by atoms with Crippen molar-refractivity contribution in [1.82, 2.24) is 0 Å². The Labute approximate surface area is 134 Å². The molecule has 2 aromatic rings. The number of rotatable bonds is 1. The van der Waals surface area contributed by atoms with Crippen LogP contribution in [0.4, 0.5) is 5.69 Å². The van der Waals surface area contributed by atoms with Crippen molar-refractivity contribution in [3.63, 3.8) is 0 Å². The topological polar surface area (TPSA) is 37.4 Å². The number of amides is 1. The summed E-state index contributed by atoms with van der Waals surface area (Å²) in [6.45, 7) is 0.404. The highest BCUT2D eigenvalue weighted by Crippen LogP contribution is 2.31. The minimum Gasteiger partial charge on any atom is -0.306 e. The van der Waals surface area contributed by atoms with E-state index in [1.807, 2.05) is 12.1 Å². The first-order chi connectivity index (χ1) is 10.1. The molecule has 108 valence electrons. The van der Waals surface area contributed by atoms with E-state index in [0.717, 1.165) is 0 Å². The Hall–Kier alpha value is -1.36. The van der Waals surface area contributed by atoms with Crippen LogP contribution in [-0.2, 0) is 10.8 Å². The number of hydrogen-bond donors (Lipinski definition) is 0. The zero-order valence-corrected chi connectivity index (χ0v) is 13.2. The van der Waals surface area contributed by atoms with Gasteiger partial charge in [0.15, 0.2) is 0 Å². The van der Waals surface area contributed by atoms with E-state index in [0.29, 0.717) is 38.5 Å². The van der Waals surface area contributed by atoms with Gasteiger partial charge in [-0.1, -0.05) is 35.3 Å². The van der Waals surface area contributed by atoms with Crippen LogP contribution in [0.5, 0.6) is 0 Å². The van der Waals surface area contributed by atoms with Gasteiger partial charge in [-0.15, -0.1) is 0 Å². The highest BCUT2D eigenvalue weighted by Gasteiger charge is 2.27. The average Bonchev–Trinajstić information content (AvgIpc) is 2.47. The number of nitrogens with zero attached hydrogens (tertiary/aromatic N) is 1. The molecule has 0 saturated carbocycles. The van der Waals surface area contributed by atoms with Crippen molar-refractivity contribution >= 4 is 45.6 Å². The van der Waals surface area contributed by atoms with Gasteiger partial charge in [0, 0.05) is 17.3 Å². The Morgan fingerprint density at radius 1 is 1.14 bits per heavy atom. The molecule has 1 unspecified atom stereocenters. The van der Waals surface area contributed by atoms with Gasteiger partial charge in [0.25, 0.3) is 5.91 Å². The minimum atomic E-state index is -1.07. The lowest BCUT2D eigenvalue weighted by atomic mass is 10.1. The molecule has 1 aliphatic rings. The van der Waals surface area contributed by atoms with Crippen molar-refractivity contribution in [2.45, 2.75) is 4.90 Å². The fourth-order valence-electron chi connectivity index (χ4n) is 2.30. The molecule has 0 saturated heterocycles. The second-order valence-corrected chi connectivity index (χ2v) is 6.98. The molecule has 0 radical (unpaired) electrons. The summed E-state index contributed by atoms with van der Waals surface area (Å²) in [5.41, 5.74) is 1.07. The van der Waals surface area contributed by atoms with Crippen molar-refractivity contribution in [2.24, 2.45) is 0 Å². The van der Waals surface area contributed by atoms with E-state index in [1.165, 1.54) is 0 Å². The maximum Gasteiger partial charge on any atom is 0.259 e. The van der Waals surface area contributed by atoms with E-state index in [-0.39, 0.29) is 5.91 Å². The Kier molecular flexibility index (Phi) is 4.02. The van der Waals surface area contributed by atoms with Crippen LogP contribution < -0.4 is 4.90 Å². The summed E-state index contributed by atoms with van der Waals surface area (Å²) in [4.78, 5) is 15.0. The van der Waals surface area contributed by atoms with E-state index >= 15 is 0 Å². The molecule has 1 aliphatic heterocycles. The molecule has 2 aromatic carbocycles. The molecule has 1 heterocycles. The van der Waals surface area contributed by atoms with Crippen molar-refractivity contribution < 1.29 is 9.00 Å². The fourth-order valence-corrected chi connectivity index (χ4v) is 4.00. The molecule has 1 atom stereocenters. The summed E-state index contributed by atoms with van der Waals surface area (Å²) in [7, 11) is -1.07. The van der Waals surface area contributed by atoms with Crippen LogP contribution in [0.25, 0.3) is 0 Å². The van der Waals surface area contributed by atoms with Crippen LogP contribution in [0.3, 0.4) is 0 Å². The molecule has 6 heteroatoms. The zero-order valence-electron chi connectivity index (χ0n) is 10.9. The van der Waals surface area contributed by atoms with E-state index in [1.54, 1.807) is 35.2 Å². The first-order valence-electron chi connectivity index (χ1n) is 6.32.